The summed E-state index contributed by atoms with van der Waals surface area (Å²) >= 11 is 3.51. The average molecular weight is 255 g/mol. The van der Waals surface area contributed by atoms with Crippen LogP contribution in [0.25, 0.3) is 0 Å². The standard InChI is InChI=1S/C11H15BrN2/c12-9-1-2-11-10(7-9)8(3-5-13)4-6-14-11/h1-2,7-8,14H,3-6,13H2. The van der Waals surface area contributed by atoms with E-state index in [-0.39, 0.29) is 0 Å². The molecule has 1 aliphatic heterocycles. The quantitative estimate of drug-likeness (QED) is 0.852. The van der Waals surface area contributed by atoms with Crippen LogP contribution in [0.15, 0.2) is 22.7 Å². The van der Waals surface area contributed by atoms with E-state index in [1.807, 2.05) is 0 Å². The molecular weight excluding hydrogens is 240 g/mol. The fourth-order valence-corrected chi connectivity index (χ4v) is 2.45. The summed E-state index contributed by atoms with van der Waals surface area (Å²) in [4.78, 5) is 0. The predicted octanol–water partition coefficient (Wildman–Crippen LogP) is 2.70. The van der Waals surface area contributed by atoms with Crippen molar-refractivity contribution in [3.63, 3.8) is 0 Å². The van der Waals surface area contributed by atoms with Gasteiger partial charge in [0.05, 0.1) is 0 Å². The van der Waals surface area contributed by atoms with Crippen molar-refractivity contribution in [3.05, 3.63) is 28.2 Å². The predicted molar refractivity (Wildman–Crippen MR) is 63.7 cm³/mol. The Labute approximate surface area is 93.0 Å². The Balaban J connectivity index is 2.32. The van der Waals surface area contributed by atoms with E-state index in [9.17, 15) is 0 Å². The van der Waals surface area contributed by atoms with Crippen LogP contribution in [0.2, 0.25) is 0 Å². The Hall–Kier alpha value is -0.540. The van der Waals surface area contributed by atoms with E-state index in [4.69, 9.17) is 5.73 Å². The van der Waals surface area contributed by atoms with E-state index in [1.54, 1.807) is 0 Å². The summed E-state index contributed by atoms with van der Waals surface area (Å²) in [5.74, 6) is 0.633. The molecule has 2 nitrogen and oxygen atoms in total. The van der Waals surface area contributed by atoms with E-state index in [0.29, 0.717) is 5.92 Å². The second kappa shape index (κ2) is 4.32. The number of halogens is 1. The molecule has 76 valence electrons. The Morgan fingerprint density at radius 1 is 1.50 bits per heavy atom. The first-order valence-corrected chi connectivity index (χ1v) is 5.84. The van der Waals surface area contributed by atoms with Crippen LogP contribution >= 0.6 is 15.9 Å². The highest BCUT2D eigenvalue weighted by Gasteiger charge is 2.18. The van der Waals surface area contributed by atoms with Gasteiger partial charge in [-0.2, -0.15) is 0 Å². The Morgan fingerprint density at radius 3 is 3.14 bits per heavy atom. The molecule has 0 saturated heterocycles. The molecule has 0 aromatic heterocycles. The smallest absolute Gasteiger partial charge is 0.0376 e. The number of hydrogen-bond acceptors (Lipinski definition) is 2. The first-order valence-electron chi connectivity index (χ1n) is 5.04. The SMILES string of the molecule is NCCC1CCNc2ccc(Br)cc21. The zero-order chi connectivity index (χ0) is 9.97. The van der Waals surface area contributed by atoms with Crippen LogP contribution in [0.3, 0.4) is 0 Å². The van der Waals surface area contributed by atoms with E-state index >= 15 is 0 Å². The van der Waals surface area contributed by atoms with Crippen molar-refractivity contribution in [1.29, 1.82) is 0 Å². The van der Waals surface area contributed by atoms with Gasteiger partial charge in [0.1, 0.15) is 0 Å². The summed E-state index contributed by atoms with van der Waals surface area (Å²) in [6.45, 7) is 1.84. The van der Waals surface area contributed by atoms with Gasteiger partial charge in [-0.15, -0.1) is 0 Å². The monoisotopic (exact) mass is 254 g/mol. The average Bonchev–Trinajstić information content (AvgIpc) is 2.19. The molecule has 0 amide bonds. The molecule has 0 radical (unpaired) electrons. The van der Waals surface area contributed by atoms with E-state index in [0.717, 1.165) is 24.0 Å². The molecule has 0 aliphatic carbocycles. The third-order valence-electron chi connectivity index (χ3n) is 2.78. The highest BCUT2D eigenvalue weighted by molar-refractivity contribution is 9.10. The molecule has 1 aliphatic rings. The maximum Gasteiger partial charge on any atom is 0.0376 e. The largest absolute Gasteiger partial charge is 0.385 e. The lowest BCUT2D eigenvalue weighted by molar-refractivity contribution is 0.586. The number of fused-ring (bicyclic) bond motifs is 1. The topological polar surface area (TPSA) is 38.0 Å². The Kier molecular flexibility index (Phi) is 3.08. The number of hydrogen-bond donors (Lipinski definition) is 2. The molecule has 1 atom stereocenters. The molecule has 0 bridgehead atoms. The number of rotatable bonds is 2. The van der Waals surface area contributed by atoms with Gasteiger partial charge in [0.25, 0.3) is 0 Å². The maximum absolute atomic E-state index is 5.62. The van der Waals surface area contributed by atoms with Gasteiger partial charge in [0, 0.05) is 16.7 Å². The van der Waals surface area contributed by atoms with Crippen molar-refractivity contribution >= 4 is 21.6 Å². The molecule has 1 aromatic carbocycles. The number of benzene rings is 1. The fraction of sp³-hybridized carbons (Fsp3) is 0.455. The molecule has 3 heteroatoms. The van der Waals surface area contributed by atoms with Gasteiger partial charge in [0.15, 0.2) is 0 Å². The van der Waals surface area contributed by atoms with Crippen LogP contribution in [0, 0.1) is 0 Å². The van der Waals surface area contributed by atoms with Crippen molar-refractivity contribution in [2.45, 2.75) is 18.8 Å². The van der Waals surface area contributed by atoms with Crippen molar-refractivity contribution in [2.24, 2.45) is 5.73 Å². The number of nitrogens with one attached hydrogen (secondary N) is 1. The molecule has 14 heavy (non-hydrogen) atoms. The minimum atomic E-state index is 0.633. The van der Waals surface area contributed by atoms with E-state index in [1.165, 1.54) is 17.7 Å². The van der Waals surface area contributed by atoms with Crippen LogP contribution in [-0.2, 0) is 0 Å². The van der Waals surface area contributed by atoms with Crippen LogP contribution in [0.5, 0.6) is 0 Å². The van der Waals surface area contributed by atoms with Crippen LogP contribution in [-0.4, -0.2) is 13.1 Å². The Morgan fingerprint density at radius 2 is 2.36 bits per heavy atom. The molecule has 1 aromatic rings. The maximum atomic E-state index is 5.62. The number of nitrogens with two attached hydrogens (primary N) is 1. The summed E-state index contributed by atoms with van der Waals surface area (Å²) in [5, 5.41) is 3.42. The lowest BCUT2D eigenvalue weighted by atomic mass is 9.88. The van der Waals surface area contributed by atoms with Gasteiger partial charge < -0.3 is 11.1 Å². The summed E-state index contributed by atoms with van der Waals surface area (Å²) in [7, 11) is 0. The highest BCUT2D eigenvalue weighted by Crippen LogP contribution is 2.35. The normalized spacial score (nSPS) is 20.0. The highest BCUT2D eigenvalue weighted by atomic mass is 79.9. The minimum Gasteiger partial charge on any atom is -0.385 e. The van der Waals surface area contributed by atoms with Crippen molar-refractivity contribution in [1.82, 2.24) is 0 Å². The first kappa shape index (κ1) is 9.99. The zero-order valence-corrected chi connectivity index (χ0v) is 9.68. The second-order valence-electron chi connectivity index (χ2n) is 3.72. The summed E-state index contributed by atoms with van der Waals surface area (Å²) in [5.41, 5.74) is 8.31. The molecule has 0 spiro atoms. The van der Waals surface area contributed by atoms with Gasteiger partial charge in [-0.25, -0.2) is 0 Å². The van der Waals surface area contributed by atoms with Gasteiger partial charge in [-0.3, -0.25) is 0 Å². The van der Waals surface area contributed by atoms with Gasteiger partial charge >= 0.3 is 0 Å². The third-order valence-corrected chi connectivity index (χ3v) is 3.27. The molecule has 3 N–H and O–H groups in total. The third kappa shape index (κ3) is 1.93. The molecular formula is C11H15BrN2. The molecule has 1 unspecified atom stereocenters. The summed E-state index contributed by atoms with van der Waals surface area (Å²) in [6, 6.07) is 6.43. The summed E-state index contributed by atoms with van der Waals surface area (Å²) < 4.78 is 1.15. The molecule has 1 heterocycles. The van der Waals surface area contributed by atoms with Gasteiger partial charge in [-0.1, -0.05) is 15.9 Å². The molecule has 2 rings (SSSR count). The van der Waals surface area contributed by atoms with E-state index in [2.05, 4.69) is 39.4 Å². The van der Waals surface area contributed by atoms with Gasteiger partial charge in [-0.05, 0) is 49.1 Å². The second-order valence-corrected chi connectivity index (χ2v) is 4.64. The van der Waals surface area contributed by atoms with Crippen LogP contribution < -0.4 is 11.1 Å². The van der Waals surface area contributed by atoms with Gasteiger partial charge in [0.2, 0.25) is 0 Å². The minimum absolute atomic E-state index is 0.633. The van der Waals surface area contributed by atoms with Crippen molar-refractivity contribution in [3.8, 4) is 0 Å². The van der Waals surface area contributed by atoms with Crippen molar-refractivity contribution < 1.29 is 0 Å². The lowest BCUT2D eigenvalue weighted by Gasteiger charge is -2.26. The van der Waals surface area contributed by atoms with E-state index < -0.39 is 0 Å². The summed E-state index contributed by atoms with van der Waals surface area (Å²) in [6.07, 6.45) is 2.28. The van der Waals surface area contributed by atoms with Crippen LogP contribution in [0.1, 0.15) is 24.3 Å². The fourth-order valence-electron chi connectivity index (χ4n) is 2.07. The molecule has 0 fully saturated rings. The van der Waals surface area contributed by atoms with Crippen LogP contribution in [0.4, 0.5) is 5.69 Å². The van der Waals surface area contributed by atoms with Crippen molar-refractivity contribution in [2.75, 3.05) is 18.4 Å². The Bertz CT molecular complexity index is 325. The number of anilines is 1. The molecule has 0 saturated carbocycles. The zero-order valence-electron chi connectivity index (χ0n) is 8.09. The lowest BCUT2D eigenvalue weighted by Crippen LogP contribution is -2.19. The first-order chi connectivity index (χ1) is 6.81.